The number of likely N-dealkylation sites (tertiary alicyclic amines) is 1. The molecule has 0 saturated carbocycles. The molecular weight excluding hydrogens is 208 g/mol. The van der Waals surface area contributed by atoms with Gasteiger partial charge in [-0.1, -0.05) is 12.8 Å². The summed E-state index contributed by atoms with van der Waals surface area (Å²) in [6.07, 6.45) is 2.18. The molecule has 1 N–H and O–H groups in total. The van der Waals surface area contributed by atoms with Crippen LogP contribution in [0, 0.1) is 0 Å². The van der Waals surface area contributed by atoms with Crippen LogP contribution in [-0.4, -0.2) is 41.3 Å². The molecule has 4 nitrogen and oxygen atoms in total. The van der Waals surface area contributed by atoms with E-state index in [-0.39, 0.29) is 17.1 Å². The molecule has 1 heterocycles. The lowest BCUT2D eigenvalue weighted by Gasteiger charge is -2.13. The average Bonchev–Trinajstić information content (AvgIpc) is 2.39. The highest BCUT2D eigenvalue weighted by Gasteiger charge is 2.37. The number of rotatable bonds is 4. The Kier molecular flexibility index (Phi) is 4.08. The van der Waals surface area contributed by atoms with E-state index >= 15 is 0 Å². The molecule has 13 heavy (non-hydrogen) atoms. The number of thioether (sulfide) groups is 1. The Bertz CT molecular complexity index is 223. The smallest absolute Gasteiger partial charge is 0.242 e. The maximum Gasteiger partial charge on any atom is 0.242 e. The van der Waals surface area contributed by atoms with E-state index in [9.17, 15) is 9.59 Å². The van der Waals surface area contributed by atoms with Crippen LogP contribution in [0.15, 0.2) is 0 Å². The first-order valence-corrected chi connectivity index (χ1v) is 5.68. The van der Waals surface area contributed by atoms with E-state index in [0.717, 1.165) is 0 Å². The van der Waals surface area contributed by atoms with Gasteiger partial charge in [-0.05, 0) is 6.26 Å². The molecule has 1 unspecified atom stereocenters. The second-order valence-electron chi connectivity index (χ2n) is 2.72. The van der Waals surface area contributed by atoms with Gasteiger partial charge in [0.15, 0.2) is 0 Å². The van der Waals surface area contributed by atoms with Crippen molar-refractivity contribution < 1.29 is 9.59 Å². The van der Waals surface area contributed by atoms with Crippen molar-refractivity contribution in [2.24, 2.45) is 0 Å². The number of nitrogens with zero attached hydrogens (tertiary/aromatic N) is 1. The third-order valence-corrected chi connectivity index (χ3v) is 3.10. The highest BCUT2D eigenvalue weighted by atomic mass is 32.2. The lowest BCUT2D eigenvalue weighted by molar-refractivity contribution is -0.138. The fourth-order valence-corrected chi connectivity index (χ4v) is 1.97. The van der Waals surface area contributed by atoms with Crippen LogP contribution in [0.25, 0.3) is 0 Å². The summed E-state index contributed by atoms with van der Waals surface area (Å²) in [5.41, 5.74) is 0. The molecule has 1 atom stereocenters. The van der Waals surface area contributed by atoms with Crippen LogP contribution in [0.4, 0.5) is 0 Å². The lowest BCUT2D eigenvalue weighted by Crippen LogP contribution is -2.35. The summed E-state index contributed by atoms with van der Waals surface area (Å²) in [5.74, 6) is -0.144. The van der Waals surface area contributed by atoms with Gasteiger partial charge in [-0.15, -0.1) is 0 Å². The van der Waals surface area contributed by atoms with E-state index in [2.05, 4.69) is 17.5 Å². The van der Waals surface area contributed by atoms with E-state index < -0.39 is 0 Å². The molecule has 0 bridgehead atoms. The Labute approximate surface area is 87.0 Å². The molecule has 1 saturated heterocycles. The van der Waals surface area contributed by atoms with Gasteiger partial charge in [-0.3, -0.25) is 19.2 Å². The SMILES string of the molecule is CSC1CC(=O)N(CCNS)C1=O. The minimum Gasteiger partial charge on any atom is -0.280 e. The van der Waals surface area contributed by atoms with Gasteiger partial charge in [0.2, 0.25) is 11.8 Å². The van der Waals surface area contributed by atoms with Crippen molar-refractivity contribution in [3.8, 4) is 0 Å². The van der Waals surface area contributed by atoms with E-state index in [4.69, 9.17) is 0 Å². The normalized spacial score (nSPS) is 22.9. The number of carbonyl (C=O) groups is 2. The minimum absolute atomic E-state index is 0.0684. The Hall–Kier alpha value is -0.200. The maximum absolute atomic E-state index is 11.5. The van der Waals surface area contributed by atoms with Crippen LogP contribution in [-0.2, 0) is 9.59 Å². The highest BCUT2D eigenvalue weighted by molar-refractivity contribution is 8.00. The third kappa shape index (κ3) is 2.38. The molecule has 0 aromatic carbocycles. The Morgan fingerprint density at radius 2 is 2.38 bits per heavy atom. The van der Waals surface area contributed by atoms with Gasteiger partial charge >= 0.3 is 0 Å². The summed E-state index contributed by atoms with van der Waals surface area (Å²) >= 11 is 5.22. The number of imide groups is 1. The predicted octanol–water partition coefficient (Wildman–Crippen LogP) is -0.0887. The quantitative estimate of drug-likeness (QED) is 0.513. The molecule has 6 heteroatoms. The molecule has 1 rings (SSSR count). The van der Waals surface area contributed by atoms with Gasteiger partial charge in [0.1, 0.15) is 0 Å². The van der Waals surface area contributed by atoms with Crippen molar-refractivity contribution in [1.29, 1.82) is 0 Å². The largest absolute Gasteiger partial charge is 0.280 e. The first-order chi connectivity index (χ1) is 6.20. The summed E-state index contributed by atoms with van der Waals surface area (Å²) < 4.78 is 2.61. The van der Waals surface area contributed by atoms with Gasteiger partial charge < -0.3 is 0 Å². The third-order valence-electron chi connectivity index (χ3n) is 1.93. The van der Waals surface area contributed by atoms with Crippen molar-refractivity contribution in [2.75, 3.05) is 19.3 Å². The maximum atomic E-state index is 11.5. The molecule has 0 spiro atoms. The zero-order valence-corrected chi connectivity index (χ0v) is 9.03. The van der Waals surface area contributed by atoms with Crippen molar-refractivity contribution >= 4 is 36.4 Å². The second kappa shape index (κ2) is 4.88. The summed E-state index contributed by atoms with van der Waals surface area (Å²) in [4.78, 5) is 24.1. The van der Waals surface area contributed by atoms with Crippen LogP contribution in [0.1, 0.15) is 6.42 Å². The van der Waals surface area contributed by atoms with Crippen LogP contribution < -0.4 is 4.72 Å². The van der Waals surface area contributed by atoms with Crippen LogP contribution in [0.3, 0.4) is 0 Å². The van der Waals surface area contributed by atoms with Crippen LogP contribution >= 0.6 is 24.6 Å². The Balaban J connectivity index is 2.54. The van der Waals surface area contributed by atoms with E-state index in [1.165, 1.54) is 16.7 Å². The van der Waals surface area contributed by atoms with Crippen molar-refractivity contribution in [1.82, 2.24) is 9.62 Å². The summed E-state index contributed by atoms with van der Waals surface area (Å²) in [5, 5.41) is -0.174. The van der Waals surface area contributed by atoms with E-state index in [1.54, 1.807) is 0 Å². The first-order valence-electron chi connectivity index (χ1n) is 3.94. The van der Waals surface area contributed by atoms with Crippen LogP contribution in [0.5, 0.6) is 0 Å². The summed E-state index contributed by atoms with van der Waals surface area (Å²) in [6, 6.07) is 0. The molecule has 2 amide bonds. The van der Waals surface area contributed by atoms with Gasteiger partial charge in [0, 0.05) is 19.5 Å². The Morgan fingerprint density at radius 3 is 2.85 bits per heavy atom. The second-order valence-corrected chi connectivity index (χ2v) is 4.08. The number of hydrogen-bond donors (Lipinski definition) is 2. The average molecular weight is 220 g/mol. The van der Waals surface area contributed by atoms with Crippen LogP contribution in [0.2, 0.25) is 0 Å². The van der Waals surface area contributed by atoms with E-state index in [1.807, 2.05) is 6.26 Å². The Morgan fingerprint density at radius 1 is 1.69 bits per heavy atom. The highest BCUT2D eigenvalue weighted by Crippen LogP contribution is 2.22. The van der Waals surface area contributed by atoms with Gasteiger partial charge in [-0.25, -0.2) is 0 Å². The molecule has 0 aliphatic carbocycles. The van der Waals surface area contributed by atoms with Gasteiger partial charge in [-0.2, -0.15) is 11.8 Å². The number of carbonyl (C=O) groups excluding carboxylic acids is 2. The summed E-state index contributed by atoms with van der Waals surface area (Å²) in [7, 11) is 0. The van der Waals surface area contributed by atoms with Crippen molar-refractivity contribution in [2.45, 2.75) is 11.7 Å². The topological polar surface area (TPSA) is 49.4 Å². The molecule has 1 fully saturated rings. The molecule has 0 radical (unpaired) electrons. The molecule has 74 valence electrons. The predicted molar refractivity (Wildman–Crippen MR) is 55.6 cm³/mol. The van der Waals surface area contributed by atoms with Crippen molar-refractivity contribution in [3.05, 3.63) is 0 Å². The minimum atomic E-state index is -0.174. The monoisotopic (exact) mass is 220 g/mol. The standard InChI is InChI=1S/C7H12N2O2S2/c1-13-5-4-6(10)9(7(5)11)3-2-8-12/h5,8,12H,2-4H2,1H3. The lowest BCUT2D eigenvalue weighted by atomic mass is 10.4. The number of thiol groups is 1. The molecular formula is C7H12N2O2S2. The first kappa shape index (κ1) is 10.9. The number of nitrogens with one attached hydrogen (secondary N) is 1. The van der Waals surface area contributed by atoms with Gasteiger partial charge in [0.05, 0.1) is 5.25 Å². The van der Waals surface area contributed by atoms with Gasteiger partial charge in [0.25, 0.3) is 0 Å². The zero-order chi connectivity index (χ0) is 9.84. The van der Waals surface area contributed by atoms with E-state index in [0.29, 0.717) is 19.5 Å². The zero-order valence-electron chi connectivity index (χ0n) is 7.32. The molecule has 1 aliphatic rings. The molecule has 0 aromatic rings. The molecule has 0 aromatic heterocycles. The number of hydrogen-bond acceptors (Lipinski definition) is 5. The fourth-order valence-electron chi connectivity index (χ4n) is 1.23. The molecule has 1 aliphatic heterocycles. The fraction of sp³-hybridized carbons (Fsp3) is 0.714. The number of amides is 2. The van der Waals surface area contributed by atoms with Crippen molar-refractivity contribution in [3.63, 3.8) is 0 Å². The summed E-state index contributed by atoms with van der Waals surface area (Å²) in [6.45, 7) is 0.944.